The van der Waals surface area contributed by atoms with Crippen LogP contribution in [0.2, 0.25) is 0 Å². The van der Waals surface area contributed by atoms with Gasteiger partial charge in [-0.2, -0.15) is 0 Å². The lowest BCUT2D eigenvalue weighted by Crippen LogP contribution is -2.30. The second kappa shape index (κ2) is 8.76. The van der Waals surface area contributed by atoms with Crippen LogP contribution in [0.1, 0.15) is 44.6 Å². The molecule has 0 aromatic heterocycles. The zero-order chi connectivity index (χ0) is 18.7. The minimum absolute atomic E-state index is 0.0315. The van der Waals surface area contributed by atoms with Crippen LogP contribution in [0.4, 0.5) is 0 Å². The van der Waals surface area contributed by atoms with Gasteiger partial charge in [-0.25, -0.2) is 0 Å². The highest BCUT2D eigenvalue weighted by atomic mass is 79.9. The molecular weight excluding hydrogens is 434 g/mol. The lowest BCUT2D eigenvalue weighted by atomic mass is 10.0. The van der Waals surface area contributed by atoms with Crippen molar-refractivity contribution in [2.24, 2.45) is 5.92 Å². The maximum Gasteiger partial charge on any atom is 0.266 e. The Balaban J connectivity index is 1.75. The lowest BCUT2D eigenvalue weighted by Gasteiger charge is -2.17. The number of amides is 1. The number of halogens is 1. The van der Waals surface area contributed by atoms with Crippen LogP contribution in [0.25, 0.3) is 6.08 Å². The second-order valence-corrected chi connectivity index (χ2v) is 9.08. The quantitative estimate of drug-likeness (QED) is 0.463. The topological polar surface area (TPSA) is 49.8 Å². The minimum atomic E-state index is -0.0315. The first kappa shape index (κ1) is 19.7. The van der Waals surface area contributed by atoms with Crippen molar-refractivity contribution in [2.45, 2.75) is 39.0 Å². The number of nitrogens with zero attached hydrogens (tertiary/aromatic N) is 1. The van der Waals surface area contributed by atoms with Gasteiger partial charge in [-0.3, -0.25) is 9.69 Å². The molecular formula is C19H22BrNO3S2. The molecule has 7 heteroatoms. The van der Waals surface area contributed by atoms with Crippen molar-refractivity contribution in [2.75, 3.05) is 13.2 Å². The van der Waals surface area contributed by atoms with E-state index in [1.54, 1.807) is 23.1 Å². The smallest absolute Gasteiger partial charge is 0.266 e. The predicted molar refractivity (Wildman–Crippen MR) is 113 cm³/mol. The molecule has 1 aromatic rings. The first-order chi connectivity index (χ1) is 12.5. The van der Waals surface area contributed by atoms with Crippen molar-refractivity contribution in [3.05, 3.63) is 27.1 Å². The number of hydrogen-bond donors (Lipinski definition) is 1. The van der Waals surface area contributed by atoms with Crippen LogP contribution in [0.3, 0.4) is 0 Å². The summed E-state index contributed by atoms with van der Waals surface area (Å²) >= 11 is 10.2. The van der Waals surface area contributed by atoms with Gasteiger partial charge in [0, 0.05) is 11.0 Å². The first-order valence-electron chi connectivity index (χ1n) is 8.90. The Hall–Kier alpha value is -1.05. The largest absolute Gasteiger partial charge is 0.504 e. The summed E-state index contributed by atoms with van der Waals surface area (Å²) < 4.78 is 6.76. The predicted octanol–water partition coefficient (Wildman–Crippen LogP) is 5.33. The number of benzene rings is 1. The third-order valence-corrected chi connectivity index (χ3v) is 6.84. The molecule has 140 valence electrons. The summed E-state index contributed by atoms with van der Waals surface area (Å²) in [7, 11) is 0. The fourth-order valence-electron chi connectivity index (χ4n) is 3.39. The van der Waals surface area contributed by atoms with E-state index in [-0.39, 0.29) is 11.7 Å². The maximum absolute atomic E-state index is 12.8. The highest BCUT2D eigenvalue weighted by molar-refractivity contribution is 9.10. The van der Waals surface area contributed by atoms with Crippen LogP contribution in [-0.2, 0) is 4.79 Å². The summed E-state index contributed by atoms with van der Waals surface area (Å²) in [6.45, 7) is 3.02. The molecule has 26 heavy (non-hydrogen) atoms. The van der Waals surface area contributed by atoms with E-state index in [1.165, 1.54) is 37.4 Å². The summed E-state index contributed by atoms with van der Waals surface area (Å²) in [5.74, 6) is 1.17. The van der Waals surface area contributed by atoms with Gasteiger partial charge in [0.2, 0.25) is 0 Å². The second-order valence-electron chi connectivity index (χ2n) is 6.55. The fourth-order valence-corrected chi connectivity index (χ4v) is 5.13. The number of hydrogen-bond acceptors (Lipinski definition) is 5. The zero-order valence-corrected chi connectivity index (χ0v) is 17.9. The molecule has 0 spiro atoms. The molecule has 0 bridgehead atoms. The Labute approximate surface area is 172 Å². The van der Waals surface area contributed by atoms with Crippen molar-refractivity contribution in [3.8, 4) is 11.5 Å². The van der Waals surface area contributed by atoms with Gasteiger partial charge < -0.3 is 9.84 Å². The van der Waals surface area contributed by atoms with E-state index in [0.29, 0.717) is 32.6 Å². The van der Waals surface area contributed by atoms with Gasteiger partial charge in [0.25, 0.3) is 5.91 Å². The van der Waals surface area contributed by atoms with Gasteiger partial charge in [-0.05, 0) is 43.0 Å². The van der Waals surface area contributed by atoms with E-state index < -0.39 is 0 Å². The van der Waals surface area contributed by atoms with Gasteiger partial charge in [0.15, 0.2) is 11.5 Å². The zero-order valence-electron chi connectivity index (χ0n) is 14.7. The molecule has 2 fully saturated rings. The van der Waals surface area contributed by atoms with E-state index in [0.717, 1.165) is 17.9 Å². The van der Waals surface area contributed by atoms with Gasteiger partial charge in [-0.1, -0.05) is 65.6 Å². The van der Waals surface area contributed by atoms with Crippen LogP contribution >= 0.6 is 39.9 Å². The highest BCUT2D eigenvalue weighted by Gasteiger charge is 2.32. The normalized spacial score (nSPS) is 19.8. The fraction of sp³-hybridized carbons (Fsp3) is 0.474. The molecule has 1 aliphatic heterocycles. The van der Waals surface area contributed by atoms with Gasteiger partial charge in [0.05, 0.1) is 11.5 Å². The van der Waals surface area contributed by atoms with E-state index >= 15 is 0 Å². The molecule has 3 rings (SSSR count). The Morgan fingerprint density at radius 2 is 2.15 bits per heavy atom. The van der Waals surface area contributed by atoms with Gasteiger partial charge >= 0.3 is 0 Å². The van der Waals surface area contributed by atoms with Crippen molar-refractivity contribution in [3.63, 3.8) is 0 Å². The molecule has 2 aliphatic rings. The summed E-state index contributed by atoms with van der Waals surface area (Å²) in [4.78, 5) is 15.1. The number of phenols is 1. The lowest BCUT2D eigenvalue weighted by molar-refractivity contribution is -0.122. The Kier molecular flexibility index (Phi) is 6.64. The van der Waals surface area contributed by atoms with Crippen molar-refractivity contribution in [1.29, 1.82) is 0 Å². The Bertz CT molecular complexity index is 745. The molecule has 4 nitrogen and oxygen atoms in total. The highest BCUT2D eigenvalue weighted by Crippen LogP contribution is 2.38. The van der Waals surface area contributed by atoms with Gasteiger partial charge in [0.1, 0.15) is 4.32 Å². The number of thiocarbonyl (C=S) groups is 1. The number of aromatic hydroxyl groups is 1. The summed E-state index contributed by atoms with van der Waals surface area (Å²) in [6.07, 6.45) is 7.98. The van der Waals surface area contributed by atoms with Crippen LogP contribution in [-0.4, -0.2) is 33.4 Å². The molecule has 1 amide bonds. The van der Waals surface area contributed by atoms with Crippen LogP contribution in [0.5, 0.6) is 11.5 Å². The Morgan fingerprint density at radius 3 is 2.85 bits per heavy atom. The van der Waals surface area contributed by atoms with E-state index in [4.69, 9.17) is 17.0 Å². The summed E-state index contributed by atoms with van der Waals surface area (Å²) in [5, 5.41) is 9.94. The molecule has 1 saturated carbocycles. The molecule has 1 heterocycles. The Morgan fingerprint density at radius 1 is 1.42 bits per heavy atom. The van der Waals surface area contributed by atoms with Crippen LogP contribution in [0.15, 0.2) is 21.5 Å². The number of rotatable bonds is 6. The maximum atomic E-state index is 12.8. The third kappa shape index (κ3) is 4.43. The van der Waals surface area contributed by atoms with Crippen molar-refractivity contribution in [1.82, 2.24) is 4.90 Å². The van der Waals surface area contributed by atoms with Crippen LogP contribution in [0, 0.1) is 5.92 Å². The molecule has 1 N–H and O–H groups in total. The van der Waals surface area contributed by atoms with E-state index in [2.05, 4.69) is 15.9 Å². The molecule has 1 aliphatic carbocycles. The number of phenolic OH excluding ortho intramolecular Hbond substituents is 1. The number of carbonyl (C=O) groups is 1. The van der Waals surface area contributed by atoms with Crippen LogP contribution < -0.4 is 4.74 Å². The minimum Gasteiger partial charge on any atom is -0.504 e. The van der Waals surface area contributed by atoms with E-state index in [1.807, 2.05) is 6.92 Å². The molecule has 0 atom stereocenters. The average molecular weight is 456 g/mol. The SMILES string of the molecule is CCOc1cc(C=C2SC(=S)N(CCC3CCCC3)C2=O)c(Br)cc1O. The molecule has 0 unspecified atom stereocenters. The standard InChI is InChI=1S/C19H22BrNO3S2/c1-2-24-16-9-13(14(20)11-15(16)22)10-17-18(23)21(19(25)26-17)8-7-12-5-3-4-6-12/h9-12,22H,2-8H2,1H3. The molecule has 1 aromatic carbocycles. The van der Waals surface area contributed by atoms with Gasteiger partial charge in [-0.15, -0.1) is 0 Å². The first-order valence-corrected chi connectivity index (χ1v) is 10.9. The van der Waals surface area contributed by atoms with Crippen molar-refractivity contribution < 1.29 is 14.6 Å². The number of thioether (sulfide) groups is 1. The average Bonchev–Trinajstić information content (AvgIpc) is 3.20. The molecule has 0 radical (unpaired) electrons. The monoisotopic (exact) mass is 455 g/mol. The number of ether oxygens (including phenoxy) is 1. The summed E-state index contributed by atoms with van der Waals surface area (Å²) in [6, 6.07) is 3.31. The van der Waals surface area contributed by atoms with Crippen molar-refractivity contribution >= 4 is 56.2 Å². The van der Waals surface area contributed by atoms with E-state index in [9.17, 15) is 9.90 Å². The summed E-state index contributed by atoms with van der Waals surface area (Å²) in [5.41, 5.74) is 0.780. The number of carbonyl (C=O) groups excluding carboxylic acids is 1. The molecule has 1 saturated heterocycles. The third-order valence-electron chi connectivity index (χ3n) is 4.77.